The third-order valence-corrected chi connectivity index (χ3v) is 4.04. The number of Topliss-reactive ketones (excluding diaryl/α,β-unsaturated/α-hetero) is 1. The molecule has 2 aliphatic rings. The second kappa shape index (κ2) is 4.06. The van der Waals surface area contributed by atoms with Crippen LogP contribution in [0.5, 0.6) is 0 Å². The molecule has 1 aliphatic heterocycles. The number of hydrogen-bond donors (Lipinski definition) is 0. The molecule has 1 saturated carbocycles. The van der Waals surface area contributed by atoms with Crippen molar-refractivity contribution in [3.05, 3.63) is 0 Å². The van der Waals surface area contributed by atoms with E-state index in [1.165, 1.54) is 0 Å². The first kappa shape index (κ1) is 12.0. The van der Waals surface area contributed by atoms with Crippen LogP contribution in [0.25, 0.3) is 0 Å². The highest BCUT2D eigenvalue weighted by atomic mass is 19.3. The quantitative estimate of drug-likeness (QED) is 0.728. The Bertz CT molecular complexity index is 281. The third kappa shape index (κ3) is 1.88. The Morgan fingerprint density at radius 3 is 2.44 bits per heavy atom. The molecule has 16 heavy (non-hydrogen) atoms. The van der Waals surface area contributed by atoms with Gasteiger partial charge in [0, 0.05) is 25.8 Å². The van der Waals surface area contributed by atoms with Crippen molar-refractivity contribution < 1.29 is 13.6 Å². The van der Waals surface area contributed by atoms with Crippen LogP contribution in [0.4, 0.5) is 8.78 Å². The van der Waals surface area contributed by atoms with Crippen LogP contribution in [-0.4, -0.2) is 35.2 Å². The van der Waals surface area contributed by atoms with Crippen LogP contribution < -0.4 is 0 Å². The monoisotopic (exact) mass is 231 g/mol. The summed E-state index contributed by atoms with van der Waals surface area (Å²) in [6.45, 7) is 3.68. The summed E-state index contributed by atoms with van der Waals surface area (Å²) in [5, 5.41) is 0. The number of hydrogen-bond acceptors (Lipinski definition) is 2. The Labute approximate surface area is 95.0 Å². The van der Waals surface area contributed by atoms with E-state index in [2.05, 4.69) is 11.8 Å². The normalized spacial score (nSPS) is 28.8. The summed E-state index contributed by atoms with van der Waals surface area (Å²) in [5.74, 6) is -2.36. The third-order valence-electron chi connectivity index (χ3n) is 4.04. The molecule has 0 aromatic rings. The van der Waals surface area contributed by atoms with Crippen molar-refractivity contribution in [3.63, 3.8) is 0 Å². The Balaban J connectivity index is 2.13. The average molecular weight is 231 g/mol. The zero-order chi connectivity index (χ0) is 11.8. The minimum Gasteiger partial charge on any atom is -0.298 e. The number of likely N-dealkylation sites (tertiary alicyclic amines) is 1. The van der Waals surface area contributed by atoms with Crippen molar-refractivity contribution in [2.45, 2.75) is 56.9 Å². The van der Waals surface area contributed by atoms with Gasteiger partial charge >= 0.3 is 0 Å². The maximum atomic E-state index is 13.2. The van der Waals surface area contributed by atoms with Gasteiger partial charge in [-0.25, -0.2) is 8.78 Å². The highest BCUT2D eigenvalue weighted by Gasteiger charge is 2.53. The fraction of sp³-hybridized carbons (Fsp3) is 0.917. The Hall–Kier alpha value is -0.510. The topological polar surface area (TPSA) is 20.3 Å². The summed E-state index contributed by atoms with van der Waals surface area (Å²) in [7, 11) is 0. The number of carbonyl (C=O) groups excluding carboxylic acids is 1. The standard InChI is InChI=1S/C12H19F2NO/c1-2-8-15-9-3-10(16)11(15)4-6-12(13,14)7-5-11/h2-9H2,1H3. The molecule has 1 spiro atoms. The molecule has 1 aliphatic carbocycles. The van der Waals surface area contributed by atoms with Crippen molar-refractivity contribution in [2.75, 3.05) is 13.1 Å². The van der Waals surface area contributed by atoms with E-state index >= 15 is 0 Å². The van der Waals surface area contributed by atoms with Crippen LogP contribution in [0.1, 0.15) is 45.4 Å². The van der Waals surface area contributed by atoms with E-state index in [-0.39, 0.29) is 18.6 Å². The summed E-state index contributed by atoms with van der Waals surface area (Å²) < 4.78 is 26.3. The molecule has 0 atom stereocenters. The molecule has 0 unspecified atom stereocenters. The minimum absolute atomic E-state index is 0.126. The maximum absolute atomic E-state index is 13.2. The van der Waals surface area contributed by atoms with Crippen LogP contribution in [-0.2, 0) is 4.79 Å². The van der Waals surface area contributed by atoms with Crippen molar-refractivity contribution in [1.29, 1.82) is 0 Å². The van der Waals surface area contributed by atoms with E-state index in [1.807, 2.05) is 0 Å². The van der Waals surface area contributed by atoms with Crippen LogP contribution in [0.2, 0.25) is 0 Å². The molecular formula is C12H19F2NO. The van der Waals surface area contributed by atoms with Gasteiger partial charge in [0.25, 0.3) is 0 Å². The van der Waals surface area contributed by atoms with Gasteiger partial charge in [-0.2, -0.15) is 0 Å². The summed E-state index contributed by atoms with van der Waals surface area (Å²) in [6.07, 6.45) is 1.96. The zero-order valence-electron chi connectivity index (χ0n) is 9.77. The molecule has 1 heterocycles. The minimum atomic E-state index is -2.55. The maximum Gasteiger partial charge on any atom is 0.248 e. The van der Waals surface area contributed by atoms with Gasteiger partial charge in [-0.15, -0.1) is 0 Å². The Kier molecular flexibility index (Phi) is 3.03. The van der Waals surface area contributed by atoms with Gasteiger partial charge in [0.15, 0.2) is 5.78 Å². The summed E-state index contributed by atoms with van der Waals surface area (Å²) in [4.78, 5) is 14.1. The number of nitrogens with zero attached hydrogens (tertiary/aromatic N) is 1. The van der Waals surface area contributed by atoms with E-state index in [9.17, 15) is 13.6 Å². The number of halogens is 2. The lowest BCUT2D eigenvalue weighted by Crippen LogP contribution is -2.52. The van der Waals surface area contributed by atoms with Crippen LogP contribution in [0.3, 0.4) is 0 Å². The molecule has 0 radical (unpaired) electrons. The predicted molar refractivity (Wildman–Crippen MR) is 57.6 cm³/mol. The van der Waals surface area contributed by atoms with Gasteiger partial charge in [-0.3, -0.25) is 9.69 Å². The average Bonchev–Trinajstić information content (AvgIpc) is 2.52. The Morgan fingerprint density at radius 1 is 1.25 bits per heavy atom. The van der Waals surface area contributed by atoms with Gasteiger partial charge in [-0.1, -0.05) is 6.92 Å². The summed E-state index contributed by atoms with van der Waals surface area (Å²) in [5.41, 5.74) is -0.530. The summed E-state index contributed by atoms with van der Waals surface area (Å²) >= 11 is 0. The number of alkyl halides is 2. The highest BCUT2D eigenvalue weighted by molar-refractivity contribution is 5.90. The molecule has 0 N–H and O–H groups in total. The molecule has 2 rings (SSSR count). The lowest BCUT2D eigenvalue weighted by Gasteiger charge is -2.42. The predicted octanol–water partition coefficient (Wildman–Crippen LogP) is 2.62. The van der Waals surface area contributed by atoms with Crippen LogP contribution in [0, 0.1) is 0 Å². The fourth-order valence-corrected chi connectivity index (χ4v) is 3.08. The fourth-order valence-electron chi connectivity index (χ4n) is 3.08. The molecule has 2 fully saturated rings. The van der Waals surface area contributed by atoms with Crippen LogP contribution >= 0.6 is 0 Å². The molecule has 1 saturated heterocycles. The highest BCUT2D eigenvalue weighted by Crippen LogP contribution is 2.44. The first-order valence-corrected chi connectivity index (χ1v) is 6.16. The van der Waals surface area contributed by atoms with Crippen LogP contribution in [0.15, 0.2) is 0 Å². The first-order chi connectivity index (χ1) is 7.50. The van der Waals surface area contributed by atoms with Gasteiger partial charge in [0.2, 0.25) is 5.92 Å². The van der Waals surface area contributed by atoms with E-state index in [0.29, 0.717) is 19.3 Å². The van der Waals surface area contributed by atoms with Gasteiger partial charge in [0.1, 0.15) is 0 Å². The molecule has 0 amide bonds. The number of ketones is 1. The van der Waals surface area contributed by atoms with Gasteiger partial charge in [0.05, 0.1) is 5.54 Å². The molecule has 2 nitrogen and oxygen atoms in total. The summed E-state index contributed by atoms with van der Waals surface area (Å²) in [6, 6.07) is 0. The molecule has 4 heteroatoms. The van der Waals surface area contributed by atoms with E-state index in [0.717, 1.165) is 19.5 Å². The molecule has 0 aromatic heterocycles. The van der Waals surface area contributed by atoms with E-state index in [1.54, 1.807) is 0 Å². The van der Waals surface area contributed by atoms with Crippen molar-refractivity contribution in [1.82, 2.24) is 4.90 Å². The zero-order valence-corrected chi connectivity index (χ0v) is 9.77. The lowest BCUT2D eigenvalue weighted by atomic mass is 9.77. The van der Waals surface area contributed by atoms with Crippen molar-refractivity contribution >= 4 is 5.78 Å². The van der Waals surface area contributed by atoms with Gasteiger partial charge < -0.3 is 0 Å². The SMILES string of the molecule is CCCN1CCC(=O)C12CCC(F)(F)CC2. The molecule has 92 valence electrons. The second-order valence-corrected chi connectivity index (χ2v) is 5.05. The molecule has 0 bridgehead atoms. The van der Waals surface area contributed by atoms with E-state index < -0.39 is 11.5 Å². The lowest BCUT2D eigenvalue weighted by molar-refractivity contribution is -0.133. The largest absolute Gasteiger partial charge is 0.298 e. The first-order valence-electron chi connectivity index (χ1n) is 6.16. The molecular weight excluding hydrogens is 212 g/mol. The van der Waals surface area contributed by atoms with Crippen molar-refractivity contribution in [2.24, 2.45) is 0 Å². The number of carbonyl (C=O) groups is 1. The second-order valence-electron chi connectivity index (χ2n) is 5.05. The van der Waals surface area contributed by atoms with Crippen molar-refractivity contribution in [3.8, 4) is 0 Å². The molecule has 0 aromatic carbocycles. The smallest absolute Gasteiger partial charge is 0.248 e. The Morgan fingerprint density at radius 2 is 1.88 bits per heavy atom. The van der Waals surface area contributed by atoms with Gasteiger partial charge in [-0.05, 0) is 25.8 Å². The van der Waals surface area contributed by atoms with E-state index in [4.69, 9.17) is 0 Å². The number of rotatable bonds is 2.